The third-order valence-electron chi connectivity index (χ3n) is 4.63. The van der Waals surface area contributed by atoms with Crippen molar-refractivity contribution in [2.75, 3.05) is 0 Å². The second-order valence-corrected chi connectivity index (χ2v) is 6.66. The van der Waals surface area contributed by atoms with Crippen molar-refractivity contribution in [3.05, 3.63) is 69.7 Å². The number of hydrogen-bond acceptors (Lipinski definition) is 0. The molecule has 0 aromatic heterocycles. The van der Waals surface area contributed by atoms with Crippen LogP contribution in [-0.4, -0.2) is 0 Å². The molecule has 1 heteroatoms. The van der Waals surface area contributed by atoms with Gasteiger partial charge in [0.15, 0.2) is 0 Å². The fraction of sp³-hybridized carbons (Fsp3) is 0.400. The zero-order chi connectivity index (χ0) is 15.4. The molecule has 0 amide bonds. The first-order valence-corrected chi connectivity index (χ1v) is 8.18. The van der Waals surface area contributed by atoms with E-state index in [0.29, 0.717) is 11.8 Å². The number of aryl methyl sites for hydroxylation is 1. The largest absolute Gasteiger partial charge is 0.0843 e. The minimum absolute atomic E-state index is 0.552. The molecule has 2 unspecified atom stereocenters. The summed E-state index contributed by atoms with van der Waals surface area (Å²) in [6.07, 6.45) is 2.40. The van der Waals surface area contributed by atoms with Gasteiger partial charge in [-0.1, -0.05) is 55.8 Å². The van der Waals surface area contributed by atoms with E-state index < -0.39 is 0 Å². The highest BCUT2D eigenvalue weighted by Gasteiger charge is 2.12. The summed E-state index contributed by atoms with van der Waals surface area (Å²) in [4.78, 5) is 0. The summed E-state index contributed by atoms with van der Waals surface area (Å²) < 4.78 is 0. The van der Waals surface area contributed by atoms with Crippen LogP contribution in [0.4, 0.5) is 0 Å². The molecule has 0 saturated carbocycles. The molecule has 0 radical (unpaired) electrons. The van der Waals surface area contributed by atoms with Gasteiger partial charge in [-0.05, 0) is 72.9 Å². The summed E-state index contributed by atoms with van der Waals surface area (Å²) >= 11 is 6.09. The van der Waals surface area contributed by atoms with Crippen molar-refractivity contribution in [3.63, 3.8) is 0 Å². The van der Waals surface area contributed by atoms with Gasteiger partial charge in [-0.25, -0.2) is 0 Å². The maximum absolute atomic E-state index is 6.09. The van der Waals surface area contributed by atoms with Gasteiger partial charge in [0.05, 0.1) is 0 Å². The second kappa shape index (κ2) is 7.13. The van der Waals surface area contributed by atoms with Crippen LogP contribution in [0.5, 0.6) is 0 Å². The Hall–Kier alpha value is -1.27. The first-order valence-electron chi connectivity index (χ1n) is 7.80. The quantitative estimate of drug-likeness (QED) is 0.580. The Morgan fingerprint density at radius 3 is 2.29 bits per heavy atom. The van der Waals surface area contributed by atoms with Crippen LogP contribution in [0.25, 0.3) is 0 Å². The lowest BCUT2D eigenvalue weighted by molar-refractivity contribution is 0.572. The first-order chi connectivity index (χ1) is 9.99. The average Bonchev–Trinajstić information content (AvgIpc) is 2.47. The molecule has 0 heterocycles. The Kier molecular flexibility index (Phi) is 5.47. The van der Waals surface area contributed by atoms with Crippen molar-refractivity contribution in [1.29, 1.82) is 0 Å². The Morgan fingerprint density at radius 2 is 1.57 bits per heavy atom. The van der Waals surface area contributed by atoms with Crippen molar-refractivity contribution in [2.24, 2.45) is 0 Å². The van der Waals surface area contributed by atoms with E-state index in [4.69, 9.17) is 11.6 Å². The molecule has 0 aliphatic carbocycles. The minimum atomic E-state index is 0.552. The summed E-state index contributed by atoms with van der Waals surface area (Å²) in [6.45, 7) is 9.07. The van der Waals surface area contributed by atoms with Crippen molar-refractivity contribution in [3.8, 4) is 0 Å². The molecule has 0 nitrogen and oxygen atoms in total. The molecule has 112 valence electrons. The van der Waals surface area contributed by atoms with E-state index in [1.54, 1.807) is 0 Å². The standard InChI is InChI=1S/C20H25Cl/c1-14-7-5-10-20(17(14)4)16(3)12-11-15(2)18-8-6-9-19(21)13-18/h5-10,13,15-16H,11-12H2,1-4H3. The Balaban J connectivity index is 2.00. The van der Waals surface area contributed by atoms with Crippen LogP contribution in [-0.2, 0) is 0 Å². The molecular weight excluding hydrogens is 276 g/mol. The fourth-order valence-corrected chi connectivity index (χ4v) is 3.14. The van der Waals surface area contributed by atoms with E-state index in [9.17, 15) is 0 Å². The molecule has 2 aromatic rings. The summed E-state index contributed by atoms with van der Waals surface area (Å²) in [5, 5.41) is 0.835. The molecule has 0 fully saturated rings. The smallest absolute Gasteiger partial charge is 0.0408 e. The lowest BCUT2D eigenvalue weighted by Crippen LogP contribution is -2.01. The SMILES string of the molecule is Cc1cccc(C(C)CCC(C)c2cccc(Cl)c2)c1C. The van der Waals surface area contributed by atoms with Crippen molar-refractivity contribution < 1.29 is 0 Å². The molecule has 0 aliphatic rings. The molecule has 0 saturated heterocycles. The lowest BCUT2D eigenvalue weighted by Gasteiger charge is -2.19. The molecule has 2 rings (SSSR count). The van der Waals surface area contributed by atoms with Crippen LogP contribution in [0.2, 0.25) is 5.02 Å². The number of hydrogen-bond donors (Lipinski definition) is 0. The molecule has 21 heavy (non-hydrogen) atoms. The van der Waals surface area contributed by atoms with Gasteiger partial charge in [-0.2, -0.15) is 0 Å². The van der Waals surface area contributed by atoms with Gasteiger partial charge >= 0.3 is 0 Å². The summed E-state index contributed by atoms with van der Waals surface area (Å²) in [6, 6.07) is 14.9. The van der Waals surface area contributed by atoms with Crippen LogP contribution < -0.4 is 0 Å². The number of halogens is 1. The third kappa shape index (κ3) is 4.11. The predicted octanol–water partition coefficient (Wildman–Crippen LogP) is 6.64. The van der Waals surface area contributed by atoms with Gasteiger partial charge < -0.3 is 0 Å². The maximum Gasteiger partial charge on any atom is 0.0408 e. The highest BCUT2D eigenvalue weighted by molar-refractivity contribution is 6.30. The molecule has 0 N–H and O–H groups in total. The van der Waals surface area contributed by atoms with E-state index in [2.05, 4.69) is 58.0 Å². The third-order valence-corrected chi connectivity index (χ3v) is 4.86. The normalized spacial score (nSPS) is 14.0. The number of benzene rings is 2. The molecule has 2 aromatic carbocycles. The highest BCUT2D eigenvalue weighted by atomic mass is 35.5. The van der Waals surface area contributed by atoms with Crippen molar-refractivity contribution >= 4 is 11.6 Å². The van der Waals surface area contributed by atoms with E-state index in [0.717, 1.165) is 5.02 Å². The summed E-state index contributed by atoms with van der Waals surface area (Å²) in [7, 11) is 0. The van der Waals surface area contributed by atoms with E-state index >= 15 is 0 Å². The van der Waals surface area contributed by atoms with Crippen molar-refractivity contribution in [2.45, 2.75) is 52.4 Å². The minimum Gasteiger partial charge on any atom is -0.0843 e. The highest BCUT2D eigenvalue weighted by Crippen LogP contribution is 2.30. The van der Waals surface area contributed by atoms with Gasteiger partial charge in [0.25, 0.3) is 0 Å². The average molecular weight is 301 g/mol. The fourth-order valence-electron chi connectivity index (χ4n) is 2.94. The topological polar surface area (TPSA) is 0 Å². The zero-order valence-corrected chi connectivity index (χ0v) is 14.2. The first kappa shape index (κ1) is 16.1. The summed E-state index contributed by atoms with van der Waals surface area (Å²) in [5.41, 5.74) is 5.67. The van der Waals surface area contributed by atoms with Crippen LogP contribution in [0.1, 0.15) is 60.8 Å². The lowest BCUT2D eigenvalue weighted by atomic mass is 9.86. The van der Waals surface area contributed by atoms with Gasteiger partial charge in [-0.3, -0.25) is 0 Å². The molecule has 0 spiro atoms. The van der Waals surface area contributed by atoms with Gasteiger partial charge in [0, 0.05) is 5.02 Å². The summed E-state index contributed by atoms with van der Waals surface area (Å²) in [5.74, 6) is 1.16. The second-order valence-electron chi connectivity index (χ2n) is 6.22. The molecule has 0 bridgehead atoms. The monoisotopic (exact) mass is 300 g/mol. The van der Waals surface area contributed by atoms with Crippen LogP contribution in [0, 0.1) is 13.8 Å². The van der Waals surface area contributed by atoms with Crippen LogP contribution in [0.3, 0.4) is 0 Å². The Labute approximate surface area is 134 Å². The Morgan fingerprint density at radius 1 is 0.905 bits per heavy atom. The Bertz CT molecular complexity index is 601. The van der Waals surface area contributed by atoms with Gasteiger partial charge in [0.2, 0.25) is 0 Å². The van der Waals surface area contributed by atoms with E-state index in [1.165, 1.54) is 35.1 Å². The van der Waals surface area contributed by atoms with E-state index in [1.807, 2.05) is 12.1 Å². The van der Waals surface area contributed by atoms with Crippen molar-refractivity contribution in [1.82, 2.24) is 0 Å². The predicted molar refractivity (Wildman–Crippen MR) is 93.4 cm³/mol. The zero-order valence-electron chi connectivity index (χ0n) is 13.5. The van der Waals surface area contributed by atoms with Gasteiger partial charge in [0.1, 0.15) is 0 Å². The van der Waals surface area contributed by atoms with Gasteiger partial charge in [-0.15, -0.1) is 0 Å². The van der Waals surface area contributed by atoms with E-state index in [-0.39, 0.29) is 0 Å². The van der Waals surface area contributed by atoms with Crippen LogP contribution in [0.15, 0.2) is 42.5 Å². The molecule has 2 atom stereocenters. The number of rotatable bonds is 5. The molecule has 0 aliphatic heterocycles. The maximum atomic E-state index is 6.09. The van der Waals surface area contributed by atoms with Crippen LogP contribution >= 0.6 is 11.6 Å². The molecular formula is C20H25Cl.